The molecule has 2 rings (SSSR count). The van der Waals surface area contributed by atoms with E-state index < -0.39 is 11.6 Å². The van der Waals surface area contributed by atoms with Gasteiger partial charge in [-0.05, 0) is 45.8 Å². The maximum atomic E-state index is 13.0. The van der Waals surface area contributed by atoms with Crippen molar-refractivity contribution < 1.29 is 13.6 Å². The summed E-state index contributed by atoms with van der Waals surface area (Å²) in [6.07, 6.45) is 0.332. The van der Waals surface area contributed by atoms with Crippen LogP contribution in [0.3, 0.4) is 0 Å². The van der Waals surface area contributed by atoms with Crippen molar-refractivity contribution in [3.05, 3.63) is 56.2 Å². The molecule has 0 saturated heterocycles. The maximum absolute atomic E-state index is 13.0. The number of carbonyl (C=O) groups excluding carboxylic acids is 1. The van der Waals surface area contributed by atoms with Crippen LogP contribution in [0.5, 0.6) is 0 Å². The smallest absolute Gasteiger partial charge is 0.142 e. The Labute approximate surface area is 116 Å². The molecule has 2 aromatic rings. The molecule has 1 aromatic heterocycles. The summed E-state index contributed by atoms with van der Waals surface area (Å²) in [5.74, 6) is -1.37. The van der Waals surface area contributed by atoms with Crippen LogP contribution in [-0.2, 0) is 17.6 Å². The topological polar surface area (TPSA) is 17.1 Å². The van der Waals surface area contributed by atoms with E-state index in [0.29, 0.717) is 5.56 Å². The Morgan fingerprint density at radius 3 is 2.33 bits per heavy atom. The van der Waals surface area contributed by atoms with Crippen LogP contribution >= 0.6 is 27.3 Å². The Hall–Kier alpha value is -1.07. The van der Waals surface area contributed by atoms with Gasteiger partial charge in [0.25, 0.3) is 0 Å². The average molecular weight is 331 g/mol. The van der Waals surface area contributed by atoms with Gasteiger partial charge in [0.2, 0.25) is 0 Å². The Kier molecular flexibility index (Phi) is 4.24. The van der Waals surface area contributed by atoms with Crippen molar-refractivity contribution in [2.75, 3.05) is 0 Å². The van der Waals surface area contributed by atoms with Gasteiger partial charge in [-0.3, -0.25) is 4.79 Å². The van der Waals surface area contributed by atoms with E-state index in [1.807, 2.05) is 12.1 Å². The van der Waals surface area contributed by atoms with Crippen molar-refractivity contribution in [1.82, 2.24) is 0 Å². The standard InChI is InChI=1S/C13H9BrF2OS/c14-13-2-1-12(18-13)7-11(17)5-8-3-9(15)6-10(16)4-8/h1-4,6H,5,7H2. The Balaban J connectivity index is 2.02. The fourth-order valence-corrected chi connectivity index (χ4v) is 3.16. The third-order valence-electron chi connectivity index (χ3n) is 2.32. The summed E-state index contributed by atoms with van der Waals surface area (Å²) in [5, 5.41) is 0. The zero-order valence-electron chi connectivity index (χ0n) is 9.25. The van der Waals surface area contributed by atoms with Gasteiger partial charge in [-0.15, -0.1) is 11.3 Å². The first kappa shape index (κ1) is 13.4. The summed E-state index contributed by atoms with van der Waals surface area (Å²) in [5.41, 5.74) is 0.369. The monoisotopic (exact) mass is 330 g/mol. The number of thiophene rings is 1. The minimum Gasteiger partial charge on any atom is -0.299 e. The van der Waals surface area contributed by atoms with Crippen molar-refractivity contribution in [3.63, 3.8) is 0 Å². The van der Waals surface area contributed by atoms with Crippen molar-refractivity contribution in [2.45, 2.75) is 12.8 Å². The van der Waals surface area contributed by atoms with E-state index in [1.165, 1.54) is 23.5 Å². The Bertz CT molecular complexity index is 560. The molecule has 0 aliphatic carbocycles. The normalized spacial score (nSPS) is 10.6. The molecule has 0 amide bonds. The van der Waals surface area contributed by atoms with Gasteiger partial charge in [0, 0.05) is 23.8 Å². The van der Waals surface area contributed by atoms with Crippen LogP contribution < -0.4 is 0 Å². The van der Waals surface area contributed by atoms with E-state index in [4.69, 9.17) is 0 Å². The lowest BCUT2D eigenvalue weighted by molar-refractivity contribution is -0.117. The molecule has 94 valence electrons. The van der Waals surface area contributed by atoms with Crippen LogP contribution in [0.2, 0.25) is 0 Å². The lowest BCUT2D eigenvalue weighted by atomic mass is 10.1. The molecule has 0 aliphatic heterocycles. The molecular formula is C13H9BrF2OS. The molecule has 0 bridgehead atoms. The highest BCUT2D eigenvalue weighted by Gasteiger charge is 2.09. The third-order valence-corrected chi connectivity index (χ3v) is 3.95. The zero-order valence-corrected chi connectivity index (χ0v) is 11.7. The van der Waals surface area contributed by atoms with Crippen molar-refractivity contribution in [1.29, 1.82) is 0 Å². The molecule has 5 heteroatoms. The quantitative estimate of drug-likeness (QED) is 0.823. The van der Waals surface area contributed by atoms with Gasteiger partial charge in [-0.2, -0.15) is 0 Å². The van der Waals surface area contributed by atoms with Crippen LogP contribution in [0.25, 0.3) is 0 Å². The van der Waals surface area contributed by atoms with Gasteiger partial charge in [-0.25, -0.2) is 8.78 Å². The van der Waals surface area contributed by atoms with E-state index in [9.17, 15) is 13.6 Å². The molecule has 0 radical (unpaired) electrons. The average Bonchev–Trinajstić information content (AvgIpc) is 2.61. The van der Waals surface area contributed by atoms with Gasteiger partial charge < -0.3 is 0 Å². The molecule has 18 heavy (non-hydrogen) atoms. The first-order chi connectivity index (χ1) is 8.52. The molecule has 1 aromatic carbocycles. The van der Waals surface area contributed by atoms with Crippen LogP contribution in [0.1, 0.15) is 10.4 Å². The van der Waals surface area contributed by atoms with Crippen LogP contribution in [0.15, 0.2) is 34.1 Å². The minimum absolute atomic E-state index is 0.0458. The SMILES string of the molecule is O=C(Cc1cc(F)cc(F)c1)Cc1ccc(Br)s1. The van der Waals surface area contributed by atoms with Crippen LogP contribution in [0.4, 0.5) is 8.78 Å². The van der Waals surface area contributed by atoms with Gasteiger partial charge in [-0.1, -0.05) is 0 Å². The summed E-state index contributed by atoms with van der Waals surface area (Å²) in [6.45, 7) is 0. The van der Waals surface area contributed by atoms with E-state index >= 15 is 0 Å². The molecule has 1 nitrogen and oxygen atoms in total. The second-order valence-electron chi connectivity index (χ2n) is 3.88. The number of ketones is 1. The van der Waals surface area contributed by atoms with E-state index in [-0.39, 0.29) is 18.6 Å². The first-order valence-electron chi connectivity index (χ1n) is 5.24. The summed E-state index contributed by atoms with van der Waals surface area (Å²) < 4.78 is 26.9. The molecule has 0 spiro atoms. The second kappa shape index (κ2) is 5.71. The Morgan fingerprint density at radius 1 is 1.11 bits per heavy atom. The number of rotatable bonds is 4. The van der Waals surface area contributed by atoms with Crippen LogP contribution in [-0.4, -0.2) is 5.78 Å². The lowest BCUT2D eigenvalue weighted by Crippen LogP contribution is -2.06. The van der Waals surface area contributed by atoms with E-state index in [1.54, 1.807) is 0 Å². The highest BCUT2D eigenvalue weighted by molar-refractivity contribution is 9.11. The number of Topliss-reactive ketones (excluding diaryl/α,β-unsaturated/α-hetero) is 1. The predicted octanol–water partition coefficient (Wildman–Crippen LogP) is 4.14. The molecule has 0 fully saturated rings. The lowest BCUT2D eigenvalue weighted by Gasteiger charge is -2.01. The molecule has 0 unspecified atom stereocenters. The Morgan fingerprint density at radius 2 is 1.78 bits per heavy atom. The maximum Gasteiger partial charge on any atom is 0.142 e. The highest BCUT2D eigenvalue weighted by atomic mass is 79.9. The molecule has 0 saturated carbocycles. The summed E-state index contributed by atoms with van der Waals surface area (Å²) in [6, 6.07) is 6.90. The molecule has 0 aliphatic rings. The number of halogens is 3. The second-order valence-corrected chi connectivity index (χ2v) is 6.42. The fourth-order valence-electron chi connectivity index (χ4n) is 1.64. The molecule has 0 N–H and O–H groups in total. The number of benzene rings is 1. The third kappa shape index (κ3) is 3.71. The van der Waals surface area contributed by atoms with E-state index in [2.05, 4.69) is 15.9 Å². The zero-order chi connectivity index (χ0) is 13.1. The summed E-state index contributed by atoms with van der Waals surface area (Å²) in [4.78, 5) is 12.7. The van der Waals surface area contributed by atoms with Crippen molar-refractivity contribution in [2.24, 2.45) is 0 Å². The predicted molar refractivity (Wildman–Crippen MR) is 70.8 cm³/mol. The van der Waals surface area contributed by atoms with Gasteiger partial charge >= 0.3 is 0 Å². The van der Waals surface area contributed by atoms with Gasteiger partial charge in [0.05, 0.1) is 3.79 Å². The van der Waals surface area contributed by atoms with Gasteiger partial charge in [0.15, 0.2) is 0 Å². The molecule has 1 heterocycles. The van der Waals surface area contributed by atoms with Crippen molar-refractivity contribution in [3.8, 4) is 0 Å². The highest BCUT2D eigenvalue weighted by Crippen LogP contribution is 2.23. The van der Waals surface area contributed by atoms with E-state index in [0.717, 1.165) is 14.7 Å². The minimum atomic E-state index is -0.656. The summed E-state index contributed by atoms with van der Waals surface area (Å²) >= 11 is 4.80. The molecule has 0 atom stereocenters. The van der Waals surface area contributed by atoms with Gasteiger partial charge in [0.1, 0.15) is 17.4 Å². The summed E-state index contributed by atoms with van der Waals surface area (Å²) in [7, 11) is 0. The number of carbonyl (C=O) groups is 1. The van der Waals surface area contributed by atoms with Crippen LogP contribution in [0, 0.1) is 11.6 Å². The fraction of sp³-hybridized carbons (Fsp3) is 0.154. The first-order valence-corrected chi connectivity index (χ1v) is 6.85. The largest absolute Gasteiger partial charge is 0.299 e. The number of hydrogen-bond acceptors (Lipinski definition) is 2. The van der Waals surface area contributed by atoms with Crippen molar-refractivity contribution >= 4 is 33.0 Å². The molecular weight excluding hydrogens is 322 g/mol. The number of hydrogen-bond donors (Lipinski definition) is 0.